The Kier molecular flexibility index (Phi) is 3.87. The fourth-order valence-electron chi connectivity index (χ4n) is 1.04. The Morgan fingerprint density at radius 3 is 3.07 bits per heavy atom. The average molecular weight is 195 g/mol. The molecule has 0 aliphatic heterocycles. The van der Waals surface area contributed by atoms with E-state index in [4.69, 9.17) is 5.11 Å². The maximum Gasteiger partial charge on any atom is 0.254 e. The Morgan fingerprint density at radius 2 is 2.43 bits per heavy atom. The third kappa shape index (κ3) is 2.43. The Labute approximate surface area is 82.2 Å². The van der Waals surface area contributed by atoms with Crippen LogP contribution in [0.5, 0.6) is 0 Å². The molecule has 5 nitrogen and oxygen atoms in total. The Bertz CT molecular complexity index is 315. The van der Waals surface area contributed by atoms with Crippen molar-refractivity contribution < 1.29 is 9.90 Å². The number of carbonyl (C=O) groups is 1. The van der Waals surface area contributed by atoms with Gasteiger partial charge in [0.1, 0.15) is 5.82 Å². The van der Waals surface area contributed by atoms with Gasteiger partial charge in [-0.3, -0.25) is 4.79 Å². The van der Waals surface area contributed by atoms with Crippen LogP contribution in [0.3, 0.4) is 0 Å². The molecule has 0 aliphatic carbocycles. The minimum Gasteiger partial charge on any atom is -0.395 e. The number of amides is 1. The largest absolute Gasteiger partial charge is 0.395 e. The van der Waals surface area contributed by atoms with Crippen LogP contribution in [0.1, 0.15) is 10.4 Å². The van der Waals surface area contributed by atoms with E-state index < -0.39 is 0 Å². The van der Waals surface area contributed by atoms with Crippen LogP contribution in [0.25, 0.3) is 0 Å². The molecule has 0 radical (unpaired) electrons. The smallest absolute Gasteiger partial charge is 0.254 e. The first kappa shape index (κ1) is 10.5. The molecule has 0 bridgehead atoms. The molecule has 0 aliphatic rings. The van der Waals surface area contributed by atoms with Crippen LogP contribution in [0.2, 0.25) is 0 Å². The zero-order chi connectivity index (χ0) is 10.4. The highest BCUT2D eigenvalue weighted by molar-refractivity contribution is 5.98. The standard InChI is InChI=1S/C9H13N3O2/c1-10-9(14)7-3-2-4-11-8(7)12-5-6-13/h2-4,13H,5-6H2,1H3,(H,10,14)(H,11,12). The molecule has 5 heteroatoms. The molecule has 0 fully saturated rings. The van der Waals surface area contributed by atoms with Gasteiger partial charge in [-0.15, -0.1) is 0 Å². The molecule has 1 rings (SSSR count). The predicted molar refractivity (Wildman–Crippen MR) is 53.2 cm³/mol. The van der Waals surface area contributed by atoms with Gasteiger partial charge in [-0.2, -0.15) is 0 Å². The monoisotopic (exact) mass is 195 g/mol. The molecule has 0 saturated heterocycles. The van der Waals surface area contributed by atoms with Crippen molar-refractivity contribution in [3.8, 4) is 0 Å². The maximum absolute atomic E-state index is 11.3. The normalized spacial score (nSPS) is 9.57. The van der Waals surface area contributed by atoms with Gasteiger partial charge in [0.15, 0.2) is 0 Å². The Hall–Kier alpha value is -1.62. The molecule has 14 heavy (non-hydrogen) atoms. The molecule has 1 aromatic heterocycles. The lowest BCUT2D eigenvalue weighted by Crippen LogP contribution is -2.20. The lowest BCUT2D eigenvalue weighted by Gasteiger charge is -2.07. The van der Waals surface area contributed by atoms with Gasteiger partial charge in [0.05, 0.1) is 12.2 Å². The minimum absolute atomic E-state index is 0.00373. The highest BCUT2D eigenvalue weighted by Crippen LogP contribution is 2.10. The van der Waals surface area contributed by atoms with E-state index in [-0.39, 0.29) is 12.5 Å². The van der Waals surface area contributed by atoms with Crippen LogP contribution in [-0.2, 0) is 0 Å². The van der Waals surface area contributed by atoms with Crippen LogP contribution >= 0.6 is 0 Å². The zero-order valence-electron chi connectivity index (χ0n) is 7.95. The van der Waals surface area contributed by atoms with Crippen molar-refractivity contribution in [2.75, 3.05) is 25.5 Å². The first-order valence-electron chi connectivity index (χ1n) is 4.31. The summed E-state index contributed by atoms with van der Waals surface area (Å²) < 4.78 is 0. The van der Waals surface area contributed by atoms with Gasteiger partial charge in [0.2, 0.25) is 0 Å². The second kappa shape index (κ2) is 5.18. The van der Waals surface area contributed by atoms with E-state index in [1.54, 1.807) is 25.4 Å². The number of nitrogens with one attached hydrogen (secondary N) is 2. The average Bonchev–Trinajstić information content (AvgIpc) is 2.25. The van der Waals surface area contributed by atoms with E-state index in [1.807, 2.05) is 0 Å². The summed E-state index contributed by atoms with van der Waals surface area (Å²) in [6.07, 6.45) is 1.59. The lowest BCUT2D eigenvalue weighted by molar-refractivity contribution is 0.0963. The number of aromatic nitrogens is 1. The van der Waals surface area contributed by atoms with Crippen molar-refractivity contribution in [1.29, 1.82) is 0 Å². The van der Waals surface area contributed by atoms with E-state index in [0.717, 1.165) is 0 Å². The third-order valence-electron chi connectivity index (χ3n) is 1.68. The fraction of sp³-hybridized carbons (Fsp3) is 0.333. The number of carbonyl (C=O) groups excluding carboxylic acids is 1. The molecule has 1 aromatic rings. The van der Waals surface area contributed by atoms with E-state index in [1.165, 1.54) is 0 Å². The van der Waals surface area contributed by atoms with Gasteiger partial charge in [0.25, 0.3) is 5.91 Å². The van der Waals surface area contributed by atoms with Crippen molar-refractivity contribution in [3.63, 3.8) is 0 Å². The van der Waals surface area contributed by atoms with Crippen LogP contribution in [0.4, 0.5) is 5.82 Å². The Balaban J connectivity index is 2.85. The molecule has 3 N–H and O–H groups in total. The van der Waals surface area contributed by atoms with Gasteiger partial charge >= 0.3 is 0 Å². The fourth-order valence-corrected chi connectivity index (χ4v) is 1.04. The molecule has 0 atom stereocenters. The maximum atomic E-state index is 11.3. The summed E-state index contributed by atoms with van der Waals surface area (Å²) in [5.74, 6) is 0.291. The summed E-state index contributed by atoms with van der Waals surface area (Å²) in [7, 11) is 1.56. The summed E-state index contributed by atoms with van der Waals surface area (Å²) >= 11 is 0. The number of pyridine rings is 1. The topological polar surface area (TPSA) is 74.2 Å². The summed E-state index contributed by atoms with van der Waals surface area (Å²) in [6.45, 7) is 0.380. The van der Waals surface area contributed by atoms with Crippen molar-refractivity contribution >= 4 is 11.7 Å². The molecule has 76 valence electrons. The molecule has 0 saturated carbocycles. The molecule has 1 amide bonds. The molecular weight excluding hydrogens is 182 g/mol. The van der Waals surface area contributed by atoms with Crippen molar-refractivity contribution in [3.05, 3.63) is 23.9 Å². The number of aliphatic hydroxyl groups excluding tert-OH is 1. The minimum atomic E-state index is -0.196. The van der Waals surface area contributed by atoms with Crippen LogP contribution in [0, 0.1) is 0 Å². The highest BCUT2D eigenvalue weighted by atomic mass is 16.3. The molecular formula is C9H13N3O2. The van der Waals surface area contributed by atoms with E-state index >= 15 is 0 Å². The van der Waals surface area contributed by atoms with Gasteiger partial charge in [-0.25, -0.2) is 4.98 Å². The van der Waals surface area contributed by atoms with Gasteiger partial charge < -0.3 is 15.7 Å². The number of hydrogen-bond acceptors (Lipinski definition) is 4. The number of aliphatic hydroxyl groups is 1. The second-order valence-electron chi connectivity index (χ2n) is 2.63. The van der Waals surface area contributed by atoms with Crippen molar-refractivity contribution in [2.45, 2.75) is 0 Å². The number of rotatable bonds is 4. The van der Waals surface area contributed by atoms with E-state index in [2.05, 4.69) is 15.6 Å². The van der Waals surface area contributed by atoms with Gasteiger partial charge in [-0.1, -0.05) is 0 Å². The SMILES string of the molecule is CNC(=O)c1cccnc1NCCO. The number of hydrogen-bond donors (Lipinski definition) is 3. The molecule has 0 unspecified atom stereocenters. The van der Waals surface area contributed by atoms with Gasteiger partial charge in [0, 0.05) is 19.8 Å². The van der Waals surface area contributed by atoms with Crippen molar-refractivity contribution in [2.24, 2.45) is 0 Å². The van der Waals surface area contributed by atoms with Crippen molar-refractivity contribution in [1.82, 2.24) is 10.3 Å². The summed E-state index contributed by atoms with van der Waals surface area (Å²) in [4.78, 5) is 15.3. The summed E-state index contributed by atoms with van der Waals surface area (Å²) in [5.41, 5.74) is 0.475. The first-order valence-corrected chi connectivity index (χ1v) is 4.31. The highest BCUT2D eigenvalue weighted by Gasteiger charge is 2.09. The van der Waals surface area contributed by atoms with Crippen LogP contribution in [-0.4, -0.2) is 36.2 Å². The summed E-state index contributed by atoms with van der Waals surface area (Å²) in [5, 5.41) is 14.0. The Morgan fingerprint density at radius 1 is 1.64 bits per heavy atom. The van der Waals surface area contributed by atoms with Gasteiger partial charge in [-0.05, 0) is 12.1 Å². The first-order chi connectivity index (χ1) is 6.79. The lowest BCUT2D eigenvalue weighted by atomic mass is 10.2. The molecule has 0 aromatic carbocycles. The quantitative estimate of drug-likeness (QED) is 0.624. The predicted octanol–water partition coefficient (Wildman–Crippen LogP) is -0.155. The second-order valence-corrected chi connectivity index (χ2v) is 2.63. The zero-order valence-corrected chi connectivity index (χ0v) is 7.95. The number of anilines is 1. The molecule has 0 spiro atoms. The van der Waals surface area contributed by atoms with E-state index in [9.17, 15) is 4.79 Å². The number of nitrogens with zero attached hydrogens (tertiary/aromatic N) is 1. The van der Waals surface area contributed by atoms with Crippen LogP contribution < -0.4 is 10.6 Å². The summed E-state index contributed by atoms with van der Waals surface area (Å²) in [6, 6.07) is 3.36. The van der Waals surface area contributed by atoms with Crippen LogP contribution in [0.15, 0.2) is 18.3 Å². The van der Waals surface area contributed by atoms with E-state index in [0.29, 0.717) is 17.9 Å². The third-order valence-corrected chi connectivity index (χ3v) is 1.68. The molecule has 1 heterocycles.